The molecule has 6 rings (SSSR count). The Hall–Kier alpha value is -2.98. The summed E-state index contributed by atoms with van der Waals surface area (Å²) >= 11 is 6.56. The molecule has 33 heavy (non-hydrogen) atoms. The van der Waals surface area contributed by atoms with E-state index in [1.165, 1.54) is 5.56 Å². The molecule has 1 aliphatic carbocycles. The van der Waals surface area contributed by atoms with Crippen LogP contribution in [0.1, 0.15) is 60.8 Å². The highest BCUT2D eigenvalue weighted by Gasteiger charge is 2.52. The van der Waals surface area contributed by atoms with Crippen molar-refractivity contribution in [3.05, 3.63) is 94.5 Å². The Morgan fingerprint density at radius 1 is 0.970 bits per heavy atom. The predicted molar refractivity (Wildman–Crippen MR) is 131 cm³/mol. The molecule has 0 amide bonds. The molecule has 4 nitrogen and oxygen atoms in total. The Kier molecular flexibility index (Phi) is 5.06. The maximum absolute atomic E-state index is 6.86. The van der Waals surface area contributed by atoms with Crippen LogP contribution in [0.3, 0.4) is 0 Å². The molecule has 1 saturated carbocycles. The number of benzene rings is 3. The Labute approximate surface area is 199 Å². The zero-order chi connectivity index (χ0) is 22.4. The summed E-state index contributed by atoms with van der Waals surface area (Å²) in [5, 5.41) is 8.16. The maximum atomic E-state index is 6.86. The van der Waals surface area contributed by atoms with Crippen LogP contribution in [0, 0.1) is 0 Å². The summed E-state index contributed by atoms with van der Waals surface area (Å²) in [4.78, 5) is 0. The molecule has 0 aromatic heterocycles. The first kappa shape index (κ1) is 20.6. The molecular formula is C28H27ClN2O2. The summed E-state index contributed by atoms with van der Waals surface area (Å²) in [6, 6.07) is 25.1. The standard InChI is InChI=1S/C28H27ClN2O2/c1-32-26-13-7-11-22-25-18-24(21-10-5-6-12-23(21)29)30-31(25)28(33-27(22)26)16-14-20(15-17-28)19-8-3-2-4-9-19/h2-13,20,25H,14-18H2,1H3. The predicted octanol–water partition coefficient (Wildman–Crippen LogP) is 6.95. The normalized spacial score (nSPS) is 25.8. The summed E-state index contributed by atoms with van der Waals surface area (Å²) in [6.45, 7) is 0. The van der Waals surface area contributed by atoms with Gasteiger partial charge in [0.1, 0.15) is 0 Å². The monoisotopic (exact) mass is 458 g/mol. The van der Waals surface area contributed by atoms with Crippen LogP contribution in [0.15, 0.2) is 77.9 Å². The molecule has 0 radical (unpaired) electrons. The topological polar surface area (TPSA) is 34.1 Å². The number of nitrogens with zero attached hydrogens (tertiary/aromatic N) is 2. The van der Waals surface area contributed by atoms with Crippen molar-refractivity contribution in [2.45, 2.75) is 49.8 Å². The molecular weight excluding hydrogens is 432 g/mol. The van der Waals surface area contributed by atoms with E-state index in [0.29, 0.717) is 5.92 Å². The van der Waals surface area contributed by atoms with Gasteiger partial charge in [0.2, 0.25) is 0 Å². The van der Waals surface area contributed by atoms with E-state index < -0.39 is 5.72 Å². The van der Waals surface area contributed by atoms with Gasteiger partial charge in [-0.05, 0) is 36.5 Å². The van der Waals surface area contributed by atoms with Gasteiger partial charge in [0.05, 0.1) is 18.9 Å². The second kappa shape index (κ2) is 8.11. The molecule has 0 N–H and O–H groups in total. The van der Waals surface area contributed by atoms with Gasteiger partial charge >= 0.3 is 0 Å². The van der Waals surface area contributed by atoms with Gasteiger partial charge in [0.25, 0.3) is 0 Å². The zero-order valence-corrected chi connectivity index (χ0v) is 19.5. The van der Waals surface area contributed by atoms with Crippen molar-refractivity contribution < 1.29 is 9.47 Å². The summed E-state index contributed by atoms with van der Waals surface area (Å²) in [5.74, 6) is 2.21. The molecule has 0 bridgehead atoms. The van der Waals surface area contributed by atoms with Gasteiger partial charge in [0, 0.05) is 35.4 Å². The van der Waals surface area contributed by atoms with E-state index in [4.69, 9.17) is 26.2 Å². The fourth-order valence-corrected chi connectivity index (χ4v) is 5.99. The second-order valence-corrected chi connectivity index (χ2v) is 9.61. The van der Waals surface area contributed by atoms with Crippen LogP contribution in [0.2, 0.25) is 5.02 Å². The van der Waals surface area contributed by atoms with Gasteiger partial charge in [-0.3, -0.25) is 0 Å². The minimum atomic E-state index is -0.472. The van der Waals surface area contributed by atoms with E-state index >= 15 is 0 Å². The lowest BCUT2D eigenvalue weighted by molar-refractivity contribution is -0.143. The molecule has 3 aromatic rings. The molecule has 168 valence electrons. The van der Waals surface area contributed by atoms with Crippen molar-refractivity contribution in [2.24, 2.45) is 5.10 Å². The smallest absolute Gasteiger partial charge is 0.198 e. The second-order valence-electron chi connectivity index (χ2n) is 9.20. The number of para-hydroxylation sites is 1. The van der Waals surface area contributed by atoms with Crippen LogP contribution >= 0.6 is 11.6 Å². The number of hydrazone groups is 1. The average Bonchev–Trinajstić information content (AvgIpc) is 3.32. The van der Waals surface area contributed by atoms with Crippen molar-refractivity contribution in [1.82, 2.24) is 5.01 Å². The lowest BCUT2D eigenvalue weighted by Crippen LogP contribution is -2.55. The molecule has 2 heterocycles. The van der Waals surface area contributed by atoms with Crippen LogP contribution in [-0.2, 0) is 0 Å². The number of halogens is 1. The Morgan fingerprint density at radius 2 is 1.73 bits per heavy atom. The molecule has 3 aliphatic rings. The number of methoxy groups -OCH3 is 1. The third-order valence-electron chi connectivity index (χ3n) is 7.43. The molecule has 3 aromatic carbocycles. The van der Waals surface area contributed by atoms with Crippen LogP contribution in [0.4, 0.5) is 0 Å². The van der Waals surface area contributed by atoms with Crippen LogP contribution in [-0.4, -0.2) is 23.6 Å². The molecule has 2 aliphatic heterocycles. The van der Waals surface area contributed by atoms with E-state index in [1.54, 1.807) is 7.11 Å². The summed E-state index contributed by atoms with van der Waals surface area (Å²) in [7, 11) is 1.71. The van der Waals surface area contributed by atoms with Crippen LogP contribution in [0.5, 0.6) is 11.5 Å². The van der Waals surface area contributed by atoms with Gasteiger partial charge in [-0.15, -0.1) is 0 Å². The SMILES string of the molecule is COc1cccc2c1OC1(CCC(c3ccccc3)CC1)N1N=C(c3ccccc3Cl)CC21. The van der Waals surface area contributed by atoms with E-state index in [1.807, 2.05) is 30.3 Å². The fraction of sp³-hybridized carbons (Fsp3) is 0.321. The van der Waals surface area contributed by atoms with E-state index in [-0.39, 0.29) is 6.04 Å². The highest BCUT2D eigenvalue weighted by molar-refractivity contribution is 6.34. The molecule has 1 atom stereocenters. The number of hydrogen-bond acceptors (Lipinski definition) is 4. The minimum absolute atomic E-state index is 0.114. The largest absolute Gasteiger partial charge is 0.493 e. The maximum Gasteiger partial charge on any atom is 0.198 e. The fourth-order valence-electron chi connectivity index (χ4n) is 5.75. The van der Waals surface area contributed by atoms with E-state index in [9.17, 15) is 0 Å². The quantitative estimate of drug-likeness (QED) is 0.426. The average molecular weight is 459 g/mol. The van der Waals surface area contributed by atoms with Crippen LogP contribution < -0.4 is 9.47 Å². The number of ether oxygens (including phenoxy) is 2. The third-order valence-corrected chi connectivity index (χ3v) is 7.76. The van der Waals surface area contributed by atoms with Gasteiger partial charge < -0.3 is 9.47 Å². The number of hydrogen-bond donors (Lipinski definition) is 0. The first-order chi connectivity index (χ1) is 16.2. The highest BCUT2D eigenvalue weighted by Crippen LogP contribution is 2.55. The number of fused-ring (bicyclic) bond motifs is 4. The van der Waals surface area contributed by atoms with Crippen molar-refractivity contribution in [3.8, 4) is 11.5 Å². The highest BCUT2D eigenvalue weighted by atomic mass is 35.5. The summed E-state index contributed by atoms with van der Waals surface area (Å²) < 4.78 is 12.6. The minimum Gasteiger partial charge on any atom is -0.493 e. The molecule has 1 spiro atoms. The Bertz CT molecular complexity index is 1200. The Balaban J connectivity index is 1.40. The van der Waals surface area contributed by atoms with Gasteiger partial charge in [-0.1, -0.05) is 72.3 Å². The molecule has 5 heteroatoms. The van der Waals surface area contributed by atoms with Gasteiger partial charge in [-0.25, -0.2) is 5.01 Å². The van der Waals surface area contributed by atoms with Crippen molar-refractivity contribution >= 4 is 17.3 Å². The zero-order valence-electron chi connectivity index (χ0n) is 18.7. The van der Waals surface area contributed by atoms with Crippen LogP contribution in [0.25, 0.3) is 0 Å². The Morgan fingerprint density at radius 3 is 2.48 bits per heavy atom. The summed E-state index contributed by atoms with van der Waals surface area (Å²) in [5.41, 5.74) is 4.11. The molecule has 1 unspecified atom stereocenters. The van der Waals surface area contributed by atoms with Gasteiger partial charge in [0.15, 0.2) is 17.2 Å². The van der Waals surface area contributed by atoms with E-state index in [2.05, 4.69) is 47.5 Å². The first-order valence-corrected chi connectivity index (χ1v) is 12.1. The van der Waals surface area contributed by atoms with Crippen molar-refractivity contribution in [3.63, 3.8) is 0 Å². The number of rotatable bonds is 3. The summed E-state index contributed by atoms with van der Waals surface area (Å²) in [6.07, 6.45) is 4.76. The lowest BCUT2D eigenvalue weighted by Gasteiger charge is -2.50. The first-order valence-electron chi connectivity index (χ1n) is 11.7. The third kappa shape index (κ3) is 3.39. The van der Waals surface area contributed by atoms with Gasteiger partial charge in [-0.2, -0.15) is 5.10 Å². The van der Waals surface area contributed by atoms with Crippen molar-refractivity contribution in [2.75, 3.05) is 7.11 Å². The van der Waals surface area contributed by atoms with E-state index in [0.717, 1.165) is 65.5 Å². The van der Waals surface area contributed by atoms with Crippen molar-refractivity contribution in [1.29, 1.82) is 0 Å². The molecule has 1 fully saturated rings. The molecule has 0 saturated heterocycles. The lowest BCUT2D eigenvalue weighted by atomic mass is 9.78.